The maximum absolute atomic E-state index is 12.9. The Balaban J connectivity index is 1.63. The number of carbonyl (C=O) groups excluding carboxylic acids is 1. The maximum atomic E-state index is 12.9. The minimum absolute atomic E-state index is 0.0951. The molecule has 3 rings (SSSR count). The van der Waals surface area contributed by atoms with Crippen LogP contribution in [0.5, 0.6) is 0 Å². The van der Waals surface area contributed by atoms with Crippen LogP contribution in [0.3, 0.4) is 0 Å². The fraction of sp³-hybridized carbons (Fsp3) is 0.455. The molecular formula is C22H25F3N2O2. The molecule has 1 amide bonds. The molecule has 0 bridgehead atoms. The summed E-state index contributed by atoms with van der Waals surface area (Å²) in [4.78, 5) is 18.6. The van der Waals surface area contributed by atoms with Crippen molar-refractivity contribution >= 4 is 5.91 Å². The predicted octanol–water partition coefficient (Wildman–Crippen LogP) is 4.43. The summed E-state index contributed by atoms with van der Waals surface area (Å²) in [7, 11) is 1.58. The number of hydrogen-bond donors (Lipinski definition) is 0. The zero-order valence-corrected chi connectivity index (χ0v) is 16.4. The number of benzene rings is 1. The van der Waals surface area contributed by atoms with Crippen molar-refractivity contribution in [3.63, 3.8) is 0 Å². The second kappa shape index (κ2) is 9.39. The number of methoxy groups -OCH3 is 1. The molecule has 1 atom stereocenters. The van der Waals surface area contributed by atoms with E-state index in [1.807, 2.05) is 17.0 Å². The van der Waals surface area contributed by atoms with Crippen LogP contribution in [0.25, 0.3) is 0 Å². The molecule has 1 saturated heterocycles. The molecule has 1 aliphatic rings. The van der Waals surface area contributed by atoms with Crippen LogP contribution >= 0.6 is 0 Å². The monoisotopic (exact) mass is 406 g/mol. The zero-order chi connectivity index (χ0) is 20.9. The maximum Gasteiger partial charge on any atom is 0.416 e. The summed E-state index contributed by atoms with van der Waals surface area (Å²) in [5, 5.41) is 0. The molecule has 0 saturated carbocycles. The lowest BCUT2D eigenvalue weighted by Crippen LogP contribution is -2.39. The van der Waals surface area contributed by atoms with Crippen LogP contribution in [0.2, 0.25) is 0 Å². The van der Waals surface area contributed by atoms with Gasteiger partial charge in [0.15, 0.2) is 0 Å². The smallest absolute Gasteiger partial charge is 0.384 e. The van der Waals surface area contributed by atoms with E-state index < -0.39 is 11.7 Å². The Morgan fingerprint density at radius 3 is 2.76 bits per heavy atom. The predicted molar refractivity (Wildman–Crippen MR) is 104 cm³/mol. The van der Waals surface area contributed by atoms with Gasteiger partial charge >= 0.3 is 6.18 Å². The molecule has 1 aliphatic heterocycles. The number of amides is 1. The van der Waals surface area contributed by atoms with Crippen LogP contribution in [0.15, 0.2) is 42.6 Å². The summed E-state index contributed by atoms with van der Waals surface area (Å²) in [6.45, 7) is 1.82. The van der Waals surface area contributed by atoms with Gasteiger partial charge in [0.05, 0.1) is 18.6 Å². The average Bonchev–Trinajstić information content (AvgIpc) is 2.72. The summed E-state index contributed by atoms with van der Waals surface area (Å²) in [6.07, 6.45) is 0.0497. The molecule has 2 heterocycles. The van der Waals surface area contributed by atoms with Crippen molar-refractivity contribution in [1.82, 2.24) is 9.88 Å². The van der Waals surface area contributed by atoms with Crippen LogP contribution in [0.4, 0.5) is 13.2 Å². The van der Waals surface area contributed by atoms with E-state index in [0.717, 1.165) is 36.7 Å². The van der Waals surface area contributed by atoms with Crippen molar-refractivity contribution in [2.75, 3.05) is 26.8 Å². The average molecular weight is 406 g/mol. The second-order valence-electron chi connectivity index (χ2n) is 7.39. The topological polar surface area (TPSA) is 42.4 Å². The van der Waals surface area contributed by atoms with E-state index in [4.69, 9.17) is 4.74 Å². The minimum Gasteiger partial charge on any atom is -0.384 e. The van der Waals surface area contributed by atoms with Crippen molar-refractivity contribution in [1.29, 1.82) is 0 Å². The van der Waals surface area contributed by atoms with E-state index in [2.05, 4.69) is 4.98 Å². The van der Waals surface area contributed by atoms with Gasteiger partial charge in [0.1, 0.15) is 0 Å². The molecule has 1 aromatic heterocycles. The first-order chi connectivity index (χ1) is 13.9. The molecular weight excluding hydrogens is 381 g/mol. The number of rotatable bonds is 6. The molecule has 7 heteroatoms. The van der Waals surface area contributed by atoms with Crippen LogP contribution < -0.4 is 0 Å². The van der Waals surface area contributed by atoms with Gasteiger partial charge < -0.3 is 9.64 Å². The van der Waals surface area contributed by atoms with E-state index >= 15 is 0 Å². The lowest BCUT2D eigenvalue weighted by atomic mass is 9.93. The lowest BCUT2D eigenvalue weighted by Gasteiger charge is -2.32. The summed E-state index contributed by atoms with van der Waals surface area (Å²) in [5.74, 6) is 0.274. The molecule has 2 aromatic rings. The summed E-state index contributed by atoms with van der Waals surface area (Å²) < 4.78 is 43.6. The van der Waals surface area contributed by atoms with E-state index in [-0.39, 0.29) is 11.8 Å². The van der Waals surface area contributed by atoms with Gasteiger partial charge in [-0.15, -0.1) is 0 Å². The van der Waals surface area contributed by atoms with Gasteiger partial charge in [-0.25, -0.2) is 0 Å². The number of likely N-dealkylation sites (tertiary alicyclic amines) is 1. The first-order valence-corrected chi connectivity index (χ1v) is 9.74. The summed E-state index contributed by atoms with van der Waals surface area (Å²) in [5.41, 5.74) is 1.74. The molecule has 4 nitrogen and oxygen atoms in total. The molecule has 0 aliphatic carbocycles. The molecule has 0 spiro atoms. The Kier molecular flexibility index (Phi) is 6.90. The zero-order valence-electron chi connectivity index (χ0n) is 16.4. The fourth-order valence-corrected chi connectivity index (χ4v) is 3.67. The quantitative estimate of drug-likeness (QED) is 0.713. The standard InChI is InChI=1S/C22H25F3N2O2/c1-29-11-9-21(28)27-10-3-5-18(15-27)20-8-7-17(14-26-20)12-16-4-2-6-19(13-16)22(23,24)25/h2,4,6-8,13-14,18H,3,5,9-12,15H2,1H3/t18-/m1/s1. The third-order valence-corrected chi connectivity index (χ3v) is 5.22. The lowest BCUT2D eigenvalue weighted by molar-refractivity contribution is -0.137. The Morgan fingerprint density at radius 2 is 2.07 bits per heavy atom. The van der Waals surface area contributed by atoms with E-state index in [1.165, 1.54) is 12.1 Å². The highest BCUT2D eigenvalue weighted by molar-refractivity contribution is 5.76. The number of pyridine rings is 1. The molecule has 0 radical (unpaired) electrons. The number of alkyl halides is 3. The number of ether oxygens (including phenoxy) is 1. The van der Waals surface area contributed by atoms with Gasteiger partial charge in [-0.2, -0.15) is 13.2 Å². The minimum atomic E-state index is -4.34. The Morgan fingerprint density at radius 1 is 1.24 bits per heavy atom. The number of halogens is 3. The van der Waals surface area contributed by atoms with Crippen LogP contribution in [-0.4, -0.2) is 42.6 Å². The Labute approximate surface area is 168 Å². The number of carbonyl (C=O) groups is 1. The van der Waals surface area contributed by atoms with Gasteiger partial charge in [0.2, 0.25) is 5.91 Å². The van der Waals surface area contributed by atoms with Crippen LogP contribution in [0, 0.1) is 0 Å². The van der Waals surface area contributed by atoms with Gasteiger partial charge in [-0.05, 0) is 42.5 Å². The highest BCUT2D eigenvalue weighted by Gasteiger charge is 2.30. The van der Waals surface area contributed by atoms with Crippen molar-refractivity contribution in [3.8, 4) is 0 Å². The Hall–Kier alpha value is -2.41. The largest absolute Gasteiger partial charge is 0.416 e. The highest BCUT2D eigenvalue weighted by atomic mass is 19.4. The number of nitrogens with zero attached hydrogens (tertiary/aromatic N) is 2. The SMILES string of the molecule is COCCC(=O)N1CCC[C@@H](c2ccc(Cc3cccc(C(F)(F)F)c3)cn2)C1. The highest BCUT2D eigenvalue weighted by Crippen LogP contribution is 2.30. The van der Waals surface area contributed by atoms with Crippen LogP contribution in [0.1, 0.15) is 47.6 Å². The van der Waals surface area contributed by atoms with Gasteiger partial charge in [0.25, 0.3) is 0 Å². The molecule has 1 aromatic carbocycles. The molecule has 0 N–H and O–H groups in total. The molecule has 0 unspecified atom stereocenters. The first kappa shape index (κ1) is 21.3. The molecule has 1 fully saturated rings. The molecule has 29 heavy (non-hydrogen) atoms. The second-order valence-corrected chi connectivity index (χ2v) is 7.39. The third kappa shape index (κ3) is 5.79. The third-order valence-electron chi connectivity index (χ3n) is 5.22. The van der Waals surface area contributed by atoms with Gasteiger partial charge in [-0.3, -0.25) is 9.78 Å². The van der Waals surface area contributed by atoms with E-state index in [1.54, 1.807) is 19.4 Å². The van der Waals surface area contributed by atoms with Crippen molar-refractivity contribution < 1.29 is 22.7 Å². The number of piperidine rings is 1. The Bertz CT molecular complexity index is 822. The van der Waals surface area contributed by atoms with Crippen molar-refractivity contribution in [2.45, 2.75) is 37.8 Å². The normalized spacial score (nSPS) is 17.4. The summed E-state index contributed by atoms with van der Waals surface area (Å²) >= 11 is 0. The van der Waals surface area contributed by atoms with E-state index in [9.17, 15) is 18.0 Å². The first-order valence-electron chi connectivity index (χ1n) is 9.74. The van der Waals surface area contributed by atoms with Crippen molar-refractivity contribution in [3.05, 3.63) is 65.0 Å². The fourth-order valence-electron chi connectivity index (χ4n) is 3.67. The summed E-state index contributed by atoms with van der Waals surface area (Å²) in [6, 6.07) is 9.21. The van der Waals surface area contributed by atoms with Crippen molar-refractivity contribution in [2.24, 2.45) is 0 Å². The van der Waals surface area contributed by atoms with E-state index in [0.29, 0.717) is 31.6 Å². The number of hydrogen-bond acceptors (Lipinski definition) is 3. The number of aromatic nitrogens is 1. The molecule has 156 valence electrons. The van der Waals surface area contributed by atoms with Crippen LogP contribution in [-0.2, 0) is 22.1 Å². The van der Waals surface area contributed by atoms with Gasteiger partial charge in [-0.1, -0.05) is 24.3 Å². The van der Waals surface area contributed by atoms with Gasteiger partial charge in [0, 0.05) is 38.0 Å².